The number of halogens is 1. The lowest BCUT2D eigenvalue weighted by atomic mass is 9.87. The van der Waals surface area contributed by atoms with Gasteiger partial charge in [-0.15, -0.1) is 6.42 Å². The van der Waals surface area contributed by atoms with Crippen molar-refractivity contribution in [2.45, 2.75) is 59.4 Å². The fraction of sp³-hybridized carbons (Fsp3) is 0.533. The zero-order valence-electron chi connectivity index (χ0n) is 22.6. The average molecular weight is 522 g/mol. The Kier molecular flexibility index (Phi) is 8.05. The lowest BCUT2D eigenvalue weighted by Gasteiger charge is -2.38. The van der Waals surface area contributed by atoms with Crippen molar-refractivity contribution in [2.75, 3.05) is 24.6 Å². The third-order valence-electron chi connectivity index (χ3n) is 7.95. The van der Waals surface area contributed by atoms with Gasteiger partial charge in [0.1, 0.15) is 24.0 Å². The van der Waals surface area contributed by atoms with Crippen LogP contribution in [0.3, 0.4) is 0 Å². The van der Waals surface area contributed by atoms with Gasteiger partial charge in [-0.1, -0.05) is 12.8 Å². The zero-order chi connectivity index (χ0) is 27.6. The van der Waals surface area contributed by atoms with Crippen molar-refractivity contribution < 1.29 is 23.5 Å². The fourth-order valence-corrected chi connectivity index (χ4v) is 5.58. The summed E-state index contributed by atoms with van der Waals surface area (Å²) in [6, 6.07) is 4.67. The number of hydrogen-bond donors (Lipinski definition) is 1. The quantitative estimate of drug-likeness (QED) is 0.327. The summed E-state index contributed by atoms with van der Waals surface area (Å²) >= 11 is 0. The molecular formula is C30H36FN3O4. The Balaban J connectivity index is 1.46. The molecule has 38 heavy (non-hydrogen) atoms. The van der Waals surface area contributed by atoms with Gasteiger partial charge in [0.05, 0.1) is 23.4 Å². The highest BCUT2D eigenvalue weighted by Crippen LogP contribution is 2.38. The molecule has 0 radical (unpaired) electrons. The summed E-state index contributed by atoms with van der Waals surface area (Å²) in [5.74, 6) is 2.40. The number of allylic oxidation sites excluding steroid dienone is 1. The number of carbonyl (C=O) groups is 3. The number of terminal acetylenes is 1. The van der Waals surface area contributed by atoms with Crippen LogP contribution in [-0.4, -0.2) is 49.6 Å². The van der Waals surface area contributed by atoms with E-state index >= 15 is 0 Å². The first-order valence-electron chi connectivity index (χ1n) is 13.2. The Morgan fingerprint density at radius 1 is 1.34 bits per heavy atom. The Labute approximate surface area is 223 Å². The number of ketones is 1. The summed E-state index contributed by atoms with van der Waals surface area (Å²) in [5.41, 5.74) is 2.30. The summed E-state index contributed by atoms with van der Waals surface area (Å²) in [5, 5.41) is 3.45. The first-order valence-corrected chi connectivity index (χ1v) is 13.2. The highest BCUT2D eigenvalue weighted by molar-refractivity contribution is 5.95. The minimum Gasteiger partial charge on any atom is -0.465 e. The summed E-state index contributed by atoms with van der Waals surface area (Å²) in [6.45, 7) is 8.49. The minimum atomic E-state index is -0.607. The van der Waals surface area contributed by atoms with Gasteiger partial charge in [-0.3, -0.25) is 14.4 Å². The third-order valence-corrected chi connectivity index (χ3v) is 7.95. The average Bonchev–Trinajstić information content (AvgIpc) is 3.17. The van der Waals surface area contributed by atoms with Crippen LogP contribution in [0.4, 0.5) is 10.1 Å². The monoisotopic (exact) mass is 521 g/mol. The standard InChI is InChI=1S/C30H36FN3O4/c1-6-11-34(22-8-7-19(16-35)25(31)13-22)21-9-10-26-20(12-21)15-32-28(33-26)23-14-27(36)24(18(23)2)17-38-29(37)30(3,4)5/h1,7-8,13,16,18,21,23-24H,9-12,14-15,17H2,2-5H3,(H,32,33). The number of Topliss-reactive ketones (excluding diaryl/α,β-unsaturated/α-hetero) is 1. The molecule has 202 valence electrons. The molecule has 8 heteroatoms. The van der Waals surface area contributed by atoms with Gasteiger partial charge in [-0.2, -0.15) is 0 Å². The Morgan fingerprint density at radius 3 is 2.76 bits per heavy atom. The van der Waals surface area contributed by atoms with Crippen LogP contribution in [-0.2, 0) is 14.3 Å². The Bertz CT molecular complexity index is 1220. The molecule has 3 aliphatic rings. The van der Waals surface area contributed by atoms with Crippen LogP contribution in [0.5, 0.6) is 0 Å². The molecule has 1 saturated carbocycles. The smallest absolute Gasteiger partial charge is 0.311 e. The predicted octanol–water partition coefficient (Wildman–Crippen LogP) is 4.32. The molecular weight excluding hydrogens is 485 g/mol. The van der Waals surface area contributed by atoms with E-state index in [0.29, 0.717) is 31.5 Å². The van der Waals surface area contributed by atoms with Crippen LogP contribution in [0.25, 0.3) is 0 Å². The number of benzene rings is 1. The summed E-state index contributed by atoms with van der Waals surface area (Å²) in [4.78, 5) is 43.0. The number of aldehydes is 1. The van der Waals surface area contributed by atoms with Crippen molar-refractivity contribution in [3.63, 3.8) is 0 Å². The molecule has 1 aromatic carbocycles. The molecule has 0 bridgehead atoms. The molecule has 1 aliphatic heterocycles. The van der Waals surface area contributed by atoms with Crippen molar-refractivity contribution in [2.24, 2.45) is 28.2 Å². The van der Waals surface area contributed by atoms with Gasteiger partial charge < -0.3 is 15.0 Å². The van der Waals surface area contributed by atoms with E-state index in [1.54, 1.807) is 26.8 Å². The van der Waals surface area contributed by atoms with Crippen LogP contribution >= 0.6 is 0 Å². The summed E-state index contributed by atoms with van der Waals surface area (Å²) in [7, 11) is 0. The second-order valence-electron chi connectivity index (χ2n) is 11.5. The maximum absolute atomic E-state index is 14.3. The van der Waals surface area contributed by atoms with E-state index in [4.69, 9.17) is 16.2 Å². The number of nitrogens with zero attached hydrogens (tertiary/aromatic N) is 2. The van der Waals surface area contributed by atoms with E-state index in [0.717, 1.165) is 30.8 Å². The molecule has 1 fully saturated rings. The van der Waals surface area contributed by atoms with Crippen molar-refractivity contribution >= 4 is 29.6 Å². The maximum Gasteiger partial charge on any atom is 0.311 e. The lowest BCUT2D eigenvalue weighted by Crippen LogP contribution is -2.42. The van der Waals surface area contributed by atoms with E-state index in [1.807, 2.05) is 11.8 Å². The summed E-state index contributed by atoms with van der Waals surface area (Å²) in [6.07, 6.45) is 8.82. The van der Waals surface area contributed by atoms with E-state index in [1.165, 1.54) is 17.7 Å². The molecule has 1 N–H and O–H groups in total. The molecule has 4 rings (SSSR count). The molecule has 4 atom stereocenters. The van der Waals surface area contributed by atoms with Crippen LogP contribution in [0.2, 0.25) is 0 Å². The number of nitrogens with one attached hydrogen (secondary N) is 1. The van der Waals surface area contributed by atoms with Crippen LogP contribution < -0.4 is 10.2 Å². The van der Waals surface area contributed by atoms with E-state index in [9.17, 15) is 18.8 Å². The second-order valence-corrected chi connectivity index (χ2v) is 11.5. The number of hydrogen-bond acceptors (Lipinski definition) is 7. The van der Waals surface area contributed by atoms with Gasteiger partial charge in [0.15, 0.2) is 6.29 Å². The van der Waals surface area contributed by atoms with Crippen molar-refractivity contribution in [1.82, 2.24) is 5.32 Å². The predicted molar refractivity (Wildman–Crippen MR) is 144 cm³/mol. The van der Waals surface area contributed by atoms with Gasteiger partial charge in [-0.05, 0) is 69.7 Å². The maximum atomic E-state index is 14.3. The number of carbonyl (C=O) groups excluding carboxylic acids is 3. The molecule has 0 saturated heterocycles. The van der Waals surface area contributed by atoms with Gasteiger partial charge in [0, 0.05) is 36.3 Å². The topological polar surface area (TPSA) is 88.1 Å². The van der Waals surface area contributed by atoms with Gasteiger partial charge >= 0.3 is 5.97 Å². The molecule has 2 aliphatic carbocycles. The molecule has 4 unspecified atom stereocenters. The first kappa shape index (κ1) is 27.6. The molecule has 1 heterocycles. The highest BCUT2D eigenvalue weighted by atomic mass is 19.1. The van der Waals surface area contributed by atoms with Crippen molar-refractivity contribution in [3.05, 3.63) is 40.8 Å². The van der Waals surface area contributed by atoms with Crippen LogP contribution in [0.15, 0.2) is 34.5 Å². The van der Waals surface area contributed by atoms with Crippen molar-refractivity contribution in [1.29, 1.82) is 0 Å². The van der Waals surface area contributed by atoms with Crippen LogP contribution in [0, 0.1) is 41.3 Å². The number of anilines is 1. The fourth-order valence-electron chi connectivity index (χ4n) is 5.58. The normalized spacial score (nSPS) is 25.2. The number of aliphatic imine (C=N–C) groups is 1. The number of rotatable bonds is 7. The second kappa shape index (κ2) is 11.1. The number of ether oxygens (including phenoxy) is 1. The van der Waals surface area contributed by atoms with Crippen LogP contribution in [0.1, 0.15) is 63.7 Å². The molecule has 0 aromatic heterocycles. The Morgan fingerprint density at radius 2 is 2.11 bits per heavy atom. The van der Waals surface area contributed by atoms with Gasteiger partial charge in [0.2, 0.25) is 0 Å². The highest BCUT2D eigenvalue weighted by Gasteiger charge is 2.44. The van der Waals surface area contributed by atoms with E-state index < -0.39 is 11.2 Å². The minimum absolute atomic E-state index is 0.00959. The lowest BCUT2D eigenvalue weighted by molar-refractivity contribution is -0.155. The molecule has 0 amide bonds. The number of esters is 1. The first-order chi connectivity index (χ1) is 18.0. The zero-order valence-corrected chi connectivity index (χ0v) is 22.6. The number of amidine groups is 1. The molecule has 1 aromatic rings. The molecule has 0 spiro atoms. The SMILES string of the molecule is C#CCN(c1ccc(C=O)c(F)c1)C1CCC2=C(CNC(C3CC(=O)C(COC(=O)C(C)(C)C)C3C)=N2)C1. The van der Waals surface area contributed by atoms with E-state index in [-0.39, 0.29) is 47.7 Å². The molecule has 7 nitrogen and oxygen atoms in total. The van der Waals surface area contributed by atoms with Gasteiger partial charge in [-0.25, -0.2) is 9.38 Å². The van der Waals surface area contributed by atoms with Gasteiger partial charge in [0.25, 0.3) is 0 Å². The Hall–Kier alpha value is -3.47. The summed E-state index contributed by atoms with van der Waals surface area (Å²) < 4.78 is 19.8. The third kappa shape index (κ3) is 5.67. The largest absolute Gasteiger partial charge is 0.465 e. The van der Waals surface area contributed by atoms with E-state index in [2.05, 4.69) is 11.2 Å². The van der Waals surface area contributed by atoms with Crippen molar-refractivity contribution in [3.8, 4) is 12.3 Å².